The number of rotatable bonds is 9. The standard InChI is InChI=1S/C29H28ClFN4O2/c1-20(2)17-34(28(37)15-21-9-5-3-6-10-21)19-27(36)33-29-32-26(22-11-7-4-8-12-22)18-35(29)23-13-14-25(31)24(30)16-23/h3-14,16,18,20H,15,17,19H2,1-2H3,(H,32,33,36). The van der Waals surface area contributed by atoms with Crippen molar-refractivity contribution in [2.75, 3.05) is 18.4 Å². The van der Waals surface area contributed by atoms with Crippen LogP contribution in [0.2, 0.25) is 5.02 Å². The monoisotopic (exact) mass is 518 g/mol. The first-order valence-corrected chi connectivity index (χ1v) is 12.4. The van der Waals surface area contributed by atoms with Crippen molar-refractivity contribution in [3.05, 3.63) is 101 Å². The molecule has 0 aliphatic carbocycles. The fraction of sp³-hybridized carbons (Fsp3) is 0.207. The zero-order valence-corrected chi connectivity index (χ0v) is 21.5. The topological polar surface area (TPSA) is 67.2 Å². The summed E-state index contributed by atoms with van der Waals surface area (Å²) in [6, 6.07) is 23.2. The van der Waals surface area contributed by atoms with Crippen LogP contribution in [0.25, 0.3) is 16.9 Å². The number of imidazole rings is 1. The summed E-state index contributed by atoms with van der Waals surface area (Å²) in [5.74, 6) is -0.636. The molecular weight excluding hydrogens is 491 g/mol. The number of hydrogen-bond acceptors (Lipinski definition) is 3. The van der Waals surface area contributed by atoms with Crippen LogP contribution in [0.3, 0.4) is 0 Å². The van der Waals surface area contributed by atoms with Crippen LogP contribution in [0.4, 0.5) is 10.3 Å². The SMILES string of the molecule is CC(C)CN(CC(=O)Nc1nc(-c2ccccc2)cn1-c1ccc(F)c(Cl)c1)C(=O)Cc1ccccc1. The first-order chi connectivity index (χ1) is 17.8. The highest BCUT2D eigenvalue weighted by molar-refractivity contribution is 6.30. The van der Waals surface area contributed by atoms with Crippen LogP contribution in [0.15, 0.2) is 85.1 Å². The molecule has 0 unspecified atom stereocenters. The van der Waals surface area contributed by atoms with Crippen LogP contribution < -0.4 is 5.32 Å². The number of aromatic nitrogens is 2. The van der Waals surface area contributed by atoms with Gasteiger partial charge in [-0.1, -0.05) is 86.1 Å². The number of benzene rings is 3. The number of carbonyl (C=O) groups excluding carboxylic acids is 2. The summed E-state index contributed by atoms with van der Waals surface area (Å²) in [4.78, 5) is 32.4. The lowest BCUT2D eigenvalue weighted by molar-refractivity contribution is -0.134. The average Bonchev–Trinajstić information content (AvgIpc) is 3.29. The van der Waals surface area contributed by atoms with E-state index in [2.05, 4.69) is 10.3 Å². The second-order valence-electron chi connectivity index (χ2n) is 9.16. The van der Waals surface area contributed by atoms with Crippen LogP contribution in [-0.2, 0) is 16.0 Å². The van der Waals surface area contributed by atoms with Gasteiger partial charge in [0.25, 0.3) is 0 Å². The van der Waals surface area contributed by atoms with E-state index < -0.39 is 5.82 Å². The van der Waals surface area contributed by atoms with Gasteiger partial charge in [0.1, 0.15) is 5.82 Å². The maximum Gasteiger partial charge on any atom is 0.246 e. The molecule has 0 atom stereocenters. The highest BCUT2D eigenvalue weighted by Gasteiger charge is 2.21. The molecule has 1 heterocycles. The number of nitrogens with one attached hydrogen (secondary N) is 1. The molecule has 0 bridgehead atoms. The van der Waals surface area contributed by atoms with Gasteiger partial charge in [-0.2, -0.15) is 0 Å². The molecule has 4 rings (SSSR count). The summed E-state index contributed by atoms with van der Waals surface area (Å²) in [7, 11) is 0. The van der Waals surface area contributed by atoms with E-state index in [1.165, 1.54) is 12.1 Å². The van der Waals surface area contributed by atoms with Gasteiger partial charge < -0.3 is 4.90 Å². The zero-order valence-electron chi connectivity index (χ0n) is 20.7. The molecule has 3 aromatic carbocycles. The van der Waals surface area contributed by atoms with E-state index in [0.717, 1.165) is 11.1 Å². The second-order valence-corrected chi connectivity index (χ2v) is 9.57. The molecule has 4 aromatic rings. The van der Waals surface area contributed by atoms with Crippen molar-refractivity contribution in [3.8, 4) is 16.9 Å². The Kier molecular flexibility index (Phi) is 8.36. The Morgan fingerprint density at radius 1 is 1.03 bits per heavy atom. The van der Waals surface area contributed by atoms with Gasteiger partial charge >= 0.3 is 0 Å². The molecule has 0 saturated carbocycles. The lowest BCUT2D eigenvalue weighted by Gasteiger charge is -2.24. The minimum atomic E-state index is -0.541. The molecule has 0 fully saturated rings. The third kappa shape index (κ3) is 6.83. The number of halogens is 2. The van der Waals surface area contributed by atoms with Gasteiger partial charge in [-0.3, -0.25) is 19.5 Å². The van der Waals surface area contributed by atoms with Crippen LogP contribution in [0, 0.1) is 11.7 Å². The van der Waals surface area contributed by atoms with Gasteiger partial charge in [0.05, 0.1) is 29.4 Å². The molecule has 2 amide bonds. The van der Waals surface area contributed by atoms with E-state index in [1.807, 2.05) is 74.5 Å². The van der Waals surface area contributed by atoms with Crippen molar-refractivity contribution in [3.63, 3.8) is 0 Å². The smallest absolute Gasteiger partial charge is 0.246 e. The van der Waals surface area contributed by atoms with E-state index in [1.54, 1.807) is 21.7 Å². The van der Waals surface area contributed by atoms with Crippen molar-refractivity contribution in [2.45, 2.75) is 20.3 Å². The minimum absolute atomic E-state index is 0.0423. The van der Waals surface area contributed by atoms with E-state index in [0.29, 0.717) is 17.9 Å². The Morgan fingerprint density at radius 2 is 1.70 bits per heavy atom. The van der Waals surface area contributed by atoms with Crippen molar-refractivity contribution < 1.29 is 14.0 Å². The van der Waals surface area contributed by atoms with Gasteiger partial charge in [0.15, 0.2) is 0 Å². The Balaban J connectivity index is 1.59. The molecule has 6 nitrogen and oxygen atoms in total. The van der Waals surface area contributed by atoms with Gasteiger partial charge in [0.2, 0.25) is 17.8 Å². The van der Waals surface area contributed by atoms with Gasteiger partial charge in [-0.25, -0.2) is 9.37 Å². The molecule has 1 N–H and O–H groups in total. The number of anilines is 1. The Labute approximate surface area is 220 Å². The summed E-state index contributed by atoms with van der Waals surface area (Å²) in [6.45, 7) is 4.31. The van der Waals surface area contributed by atoms with Crippen LogP contribution >= 0.6 is 11.6 Å². The third-order valence-electron chi connectivity index (χ3n) is 5.68. The minimum Gasteiger partial charge on any atom is -0.333 e. The Hall–Kier alpha value is -3.97. The van der Waals surface area contributed by atoms with Crippen molar-refractivity contribution in [1.29, 1.82) is 0 Å². The van der Waals surface area contributed by atoms with Crippen LogP contribution in [-0.4, -0.2) is 39.4 Å². The predicted octanol–water partition coefficient (Wildman–Crippen LogP) is 6.00. The first-order valence-electron chi connectivity index (χ1n) is 12.0. The molecule has 0 radical (unpaired) electrons. The zero-order chi connectivity index (χ0) is 26.4. The van der Waals surface area contributed by atoms with Gasteiger partial charge in [0, 0.05) is 18.3 Å². The molecule has 37 heavy (non-hydrogen) atoms. The number of amides is 2. The quantitative estimate of drug-likeness (QED) is 0.295. The fourth-order valence-corrected chi connectivity index (χ4v) is 4.14. The summed E-state index contributed by atoms with van der Waals surface area (Å²) in [6.07, 6.45) is 1.96. The third-order valence-corrected chi connectivity index (χ3v) is 5.97. The van der Waals surface area contributed by atoms with Gasteiger partial charge in [-0.15, -0.1) is 0 Å². The van der Waals surface area contributed by atoms with Crippen LogP contribution in [0.1, 0.15) is 19.4 Å². The van der Waals surface area contributed by atoms with E-state index in [4.69, 9.17) is 11.6 Å². The fourth-order valence-electron chi connectivity index (χ4n) is 3.96. The maximum atomic E-state index is 13.8. The maximum absolute atomic E-state index is 13.8. The molecular formula is C29H28ClFN4O2. The van der Waals surface area contributed by atoms with E-state index in [9.17, 15) is 14.0 Å². The lowest BCUT2D eigenvalue weighted by atomic mass is 10.1. The largest absolute Gasteiger partial charge is 0.333 e. The van der Waals surface area contributed by atoms with Crippen molar-refractivity contribution >= 4 is 29.4 Å². The average molecular weight is 519 g/mol. The second kappa shape index (κ2) is 11.8. The van der Waals surface area contributed by atoms with Crippen LogP contribution in [0.5, 0.6) is 0 Å². The normalized spacial score (nSPS) is 10.9. The summed E-state index contributed by atoms with van der Waals surface area (Å²) >= 11 is 6.02. The molecule has 0 aliphatic rings. The summed E-state index contributed by atoms with van der Waals surface area (Å²) in [5.41, 5.74) is 2.90. The van der Waals surface area contributed by atoms with Crippen molar-refractivity contribution in [1.82, 2.24) is 14.5 Å². The number of nitrogens with zero attached hydrogens (tertiary/aromatic N) is 3. The Bertz CT molecular complexity index is 1370. The first kappa shape index (κ1) is 26.1. The summed E-state index contributed by atoms with van der Waals surface area (Å²) in [5, 5.41) is 2.80. The number of carbonyl (C=O) groups is 2. The molecule has 190 valence electrons. The predicted molar refractivity (Wildman–Crippen MR) is 144 cm³/mol. The van der Waals surface area contributed by atoms with E-state index >= 15 is 0 Å². The molecule has 0 spiro atoms. The molecule has 0 aliphatic heterocycles. The van der Waals surface area contributed by atoms with Gasteiger partial charge in [-0.05, 0) is 29.7 Å². The lowest BCUT2D eigenvalue weighted by Crippen LogP contribution is -2.41. The summed E-state index contributed by atoms with van der Waals surface area (Å²) < 4.78 is 15.5. The van der Waals surface area contributed by atoms with Crippen molar-refractivity contribution in [2.24, 2.45) is 5.92 Å². The molecule has 8 heteroatoms. The highest BCUT2D eigenvalue weighted by Crippen LogP contribution is 2.26. The highest BCUT2D eigenvalue weighted by atomic mass is 35.5. The number of hydrogen-bond donors (Lipinski definition) is 1. The Morgan fingerprint density at radius 3 is 2.35 bits per heavy atom. The molecule has 1 aromatic heterocycles. The molecule has 0 saturated heterocycles. The van der Waals surface area contributed by atoms with E-state index in [-0.39, 0.29) is 41.7 Å².